The van der Waals surface area contributed by atoms with Gasteiger partial charge >= 0.3 is 0 Å². The van der Waals surface area contributed by atoms with Crippen molar-refractivity contribution in [3.8, 4) is 0 Å². The van der Waals surface area contributed by atoms with Crippen LogP contribution in [0.3, 0.4) is 0 Å². The highest BCUT2D eigenvalue weighted by Gasteiger charge is 2.34. The fourth-order valence-corrected chi connectivity index (χ4v) is 6.22. The largest absolute Gasteiger partial charge is 0.353 e. The summed E-state index contributed by atoms with van der Waals surface area (Å²) in [5, 5.41) is 3.46. The van der Waals surface area contributed by atoms with Crippen LogP contribution < -0.4 is 5.32 Å². The number of nitrogens with zero attached hydrogens (tertiary/aromatic N) is 1. The van der Waals surface area contributed by atoms with Gasteiger partial charge in [0.15, 0.2) is 0 Å². The zero-order valence-corrected chi connectivity index (χ0v) is 17.8. The molecule has 1 aliphatic heterocycles. The minimum atomic E-state index is -3.72. The van der Waals surface area contributed by atoms with Gasteiger partial charge in [-0.25, -0.2) is 8.42 Å². The second-order valence-corrected chi connectivity index (χ2v) is 10.3. The number of carbonyl (C=O) groups excluding carboxylic acids is 1. The van der Waals surface area contributed by atoms with Gasteiger partial charge in [-0.15, -0.1) is 0 Å². The molecule has 0 unspecified atom stereocenters. The molecule has 1 saturated carbocycles. The van der Waals surface area contributed by atoms with Gasteiger partial charge in [-0.3, -0.25) is 4.79 Å². The lowest BCUT2D eigenvalue weighted by Gasteiger charge is -2.34. The molecule has 2 atom stereocenters. The number of hydrogen-bond acceptors (Lipinski definition) is 3. The standard InChI is InChI=1S/C19H26Cl2N2O3S/c1-13-5-2-3-7-16(13)22-19(24)14-9-11-23(12-10-14)27(25,26)17-8-4-6-15(20)18(17)21/h4,6,8,13-14,16H,2-3,5,7,9-12H2,1H3,(H,22,24)/t13-,16-/m1/s1. The Labute approximate surface area is 171 Å². The number of carbonyl (C=O) groups is 1. The molecule has 1 heterocycles. The summed E-state index contributed by atoms with van der Waals surface area (Å²) in [6.45, 7) is 2.81. The number of halogens is 2. The number of amides is 1. The topological polar surface area (TPSA) is 66.5 Å². The van der Waals surface area contributed by atoms with Crippen LogP contribution in [-0.4, -0.2) is 37.8 Å². The van der Waals surface area contributed by atoms with E-state index in [2.05, 4.69) is 12.2 Å². The Hall–Kier alpha value is -0.820. The lowest BCUT2D eigenvalue weighted by Crippen LogP contribution is -2.47. The van der Waals surface area contributed by atoms with Crippen LogP contribution in [0.5, 0.6) is 0 Å². The molecule has 0 aromatic heterocycles. The number of sulfonamides is 1. The first-order valence-electron chi connectivity index (χ1n) is 9.55. The highest BCUT2D eigenvalue weighted by Crippen LogP contribution is 2.33. The minimum absolute atomic E-state index is 0.0237. The van der Waals surface area contributed by atoms with Gasteiger partial charge in [0.05, 0.1) is 10.0 Å². The molecular weight excluding hydrogens is 407 g/mol. The third-order valence-corrected chi connectivity index (χ3v) is 8.67. The van der Waals surface area contributed by atoms with Gasteiger partial charge in [-0.1, -0.05) is 49.0 Å². The van der Waals surface area contributed by atoms with Crippen LogP contribution in [0.1, 0.15) is 45.4 Å². The molecule has 1 aliphatic carbocycles. The monoisotopic (exact) mass is 432 g/mol. The van der Waals surface area contributed by atoms with E-state index in [1.165, 1.54) is 16.8 Å². The van der Waals surface area contributed by atoms with Crippen LogP contribution >= 0.6 is 23.2 Å². The van der Waals surface area contributed by atoms with Crippen molar-refractivity contribution >= 4 is 39.1 Å². The molecule has 1 saturated heterocycles. The second kappa shape index (κ2) is 8.68. The van der Waals surface area contributed by atoms with Gasteiger partial charge in [-0.2, -0.15) is 4.31 Å². The Kier molecular flexibility index (Phi) is 6.72. The third-order valence-electron chi connectivity index (χ3n) is 5.80. The average molecular weight is 433 g/mol. The van der Waals surface area contributed by atoms with Crippen LogP contribution in [0.4, 0.5) is 0 Å². The van der Waals surface area contributed by atoms with Crippen LogP contribution in [0, 0.1) is 11.8 Å². The van der Waals surface area contributed by atoms with Crippen LogP contribution in [-0.2, 0) is 14.8 Å². The molecule has 0 radical (unpaired) electrons. The Morgan fingerprint density at radius 1 is 1.11 bits per heavy atom. The van der Waals surface area contributed by atoms with Gasteiger partial charge in [0.25, 0.3) is 0 Å². The minimum Gasteiger partial charge on any atom is -0.353 e. The summed E-state index contributed by atoms with van der Waals surface area (Å²) in [5.41, 5.74) is 0. The summed E-state index contributed by atoms with van der Waals surface area (Å²) in [7, 11) is -3.72. The number of hydrogen-bond donors (Lipinski definition) is 1. The number of rotatable bonds is 4. The summed E-state index contributed by atoms with van der Waals surface area (Å²) in [4.78, 5) is 12.6. The molecule has 2 aliphatic rings. The summed E-state index contributed by atoms with van der Waals surface area (Å²) in [6.07, 6.45) is 5.62. The molecule has 3 rings (SSSR count). The van der Waals surface area contributed by atoms with Crippen molar-refractivity contribution in [2.75, 3.05) is 13.1 Å². The van der Waals surface area contributed by atoms with Gasteiger partial charge in [0.2, 0.25) is 15.9 Å². The van der Waals surface area contributed by atoms with Gasteiger partial charge in [0.1, 0.15) is 4.90 Å². The van der Waals surface area contributed by atoms with Crippen molar-refractivity contribution < 1.29 is 13.2 Å². The maximum Gasteiger partial charge on any atom is 0.244 e. The number of nitrogens with one attached hydrogen (secondary N) is 1. The molecule has 0 spiro atoms. The predicted molar refractivity (Wildman–Crippen MR) is 108 cm³/mol. The van der Waals surface area contributed by atoms with Gasteiger partial charge in [-0.05, 0) is 43.7 Å². The fraction of sp³-hybridized carbons (Fsp3) is 0.632. The molecule has 1 N–H and O–H groups in total. The first-order chi connectivity index (χ1) is 12.8. The van der Waals surface area contributed by atoms with Crippen molar-refractivity contribution in [3.63, 3.8) is 0 Å². The molecule has 0 bridgehead atoms. The molecule has 2 fully saturated rings. The van der Waals surface area contributed by atoms with E-state index in [1.54, 1.807) is 12.1 Å². The first kappa shape index (κ1) is 20.9. The summed E-state index contributed by atoms with van der Waals surface area (Å²) >= 11 is 12.1. The first-order valence-corrected chi connectivity index (χ1v) is 11.7. The van der Waals surface area contributed by atoms with E-state index >= 15 is 0 Å². The van der Waals surface area contributed by atoms with Crippen LogP contribution in [0.2, 0.25) is 10.0 Å². The average Bonchev–Trinajstić information content (AvgIpc) is 2.65. The van der Waals surface area contributed by atoms with Crippen LogP contribution in [0.15, 0.2) is 23.1 Å². The Balaban J connectivity index is 1.61. The van der Waals surface area contributed by atoms with Crippen molar-refractivity contribution in [2.45, 2.75) is 56.4 Å². The molecule has 150 valence electrons. The second-order valence-electron chi connectivity index (χ2n) is 7.61. The number of piperidine rings is 1. The quantitative estimate of drug-likeness (QED) is 0.778. The summed E-state index contributed by atoms with van der Waals surface area (Å²) in [5.74, 6) is 0.431. The zero-order chi connectivity index (χ0) is 19.6. The van der Waals surface area contributed by atoms with Gasteiger partial charge < -0.3 is 5.32 Å². The maximum atomic E-state index is 12.9. The molecule has 5 nitrogen and oxygen atoms in total. The van der Waals surface area contributed by atoms with E-state index in [4.69, 9.17) is 23.2 Å². The lowest BCUT2D eigenvalue weighted by atomic mass is 9.85. The van der Waals surface area contributed by atoms with E-state index < -0.39 is 10.0 Å². The summed E-state index contributed by atoms with van der Waals surface area (Å²) in [6, 6.07) is 4.85. The van der Waals surface area contributed by atoms with Crippen molar-refractivity contribution in [1.29, 1.82) is 0 Å². The molecule has 1 amide bonds. The van der Waals surface area contributed by atoms with Crippen molar-refractivity contribution in [2.24, 2.45) is 11.8 Å². The highest BCUT2D eigenvalue weighted by molar-refractivity contribution is 7.89. The van der Waals surface area contributed by atoms with Crippen molar-refractivity contribution in [1.82, 2.24) is 9.62 Å². The van der Waals surface area contributed by atoms with Gasteiger partial charge in [0, 0.05) is 25.0 Å². The van der Waals surface area contributed by atoms with E-state index in [-0.39, 0.29) is 32.8 Å². The molecular formula is C19H26Cl2N2O3S. The molecule has 27 heavy (non-hydrogen) atoms. The third kappa shape index (κ3) is 4.61. The maximum absolute atomic E-state index is 12.9. The van der Waals surface area contributed by atoms with Crippen molar-refractivity contribution in [3.05, 3.63) is 28.2 Å². The Morgan fingerprint density at radius 2 is 1.78 bits per heavy atom. The Bertz CT molecular complexity index is 792. The molecule has 1 aromatic carbocycles. The summed E-state index contributed by atoms with van der Waals surface area (Å²) < 4.78 is 27.2. The molecule has 8 heteroatoms. The zero-order valence-electron chi connectivity index (χ0n) is 15.5. The van der Waals surface area contributed by atoms with E-state index in [1.807, 2.05) is 0 Å². The highest BCUT2D eigenvalue weighted by atomic mass is 35.5. The molecule has 1 aromatic rings. The van der Waals surface area contributed by atoms with Crippen LogP contribution in [0.25, 0.3) is 0 Å². The predicted octanol–water partition coefficient (Wildman–Crippen LogP) is 4.09. The Morgan fingerprint density at radius 3 is 2.44 bits per heavy atom. The fourth-order valence-electron chi connectivity index (χ4n) is 4.01. The smallest absolute Gasteiger partial charge is 0.244 e. The SMILES string of the molecule is C[C@@H]1CCCC[C@H]1NC(=O)C1CCN(S(=O)(=O)c2cccc(Cl)c2Cl)CC1. The normalized spacial score (nSPS) is 25.3. The number of benzene rings is 1. The lowest BCUT2D eigenvalue weighted by molar-refractivity contribution is -0.127. The van der Waals surface area contributed by atoms with E-state index in [9.17, 15) is 13.2 Å². The van der Waals surface area contributed by atoms with E-state index in [0.717, 1.165) is 19.3 Å². The van der Waals surface area contributed by atoms with E-state index in [0.29, 0.717) is 31.8 Å².